The van der Waals surface area contributed by atoms with Gasteiger partial charge in [0.2, 0.25) is 15.9 Å². The second-order valence-electron chi connectivity index (χ2n) is 5.17. The van der Waals surface area contributed by atoms with E-state index in [1.165, 1.54) is 24.3 Å². The Hall–Kier alpha value is -2.71. The van der Waals surface area contributed by atoms with Crippen molar-refractivity contribution in [1.29, 1.82) is 0 Å². The molecule has 0 heterocycles. The fraction of sp³-hybridized carbons (Fsp3) is 0.125. The molecule has 0 aliphatic heterocycles. The van der Waals surface area contributed by atoms with Crippen LogP contribution in [0.3, 0.4) is 0 Å². The Morgan fingerprint density at radius 3 is 2.33 bits per heavy atom. The third kappa shape index (κ3) is 4.90. The highest BCUT2D eigenvalue weighted by Crippen LogP contribution is 2.12. The molecule has 0 unspecified atom stereocenters. The van der Waals surface area contributed by atoms with Gasteiger partial charge in [0, 0.05) is 11.3 Å². The standard InChI is InChI=1S/C16H17N3O4S/c1-11-3-2-4-12(9-11)16(21)18-10-15(20)19-13-5-7-14(8-6-13)24(17,22)23/h2-9H,10H2,1H3,(H,18,21)(H,19,20)(H2,17,22,23). The van der Waals surface area contributed by atoms with Crippen molar-refractivity contribution in [3.05, 3.63) is 59.7 Å². The smallest absolute Gasteiger partial charge is 0.251 e. The SMILES string of the molecule is Cc1cccc(C(=O)NCC(=O)Nc2ccc(S(N)(=O)=O)cc2)c1. The quantitative estimate of drug-likeness (QED) is 0.748. The van der Waals surface area contributed by atoms with E-state index < -0.39 is 15.9 Å². The van der Waals surface area contributed by atoms with Crippen LogP contribution < -0.4 is 15.8 Å². The van der Waals surface area contributed by atoms with Gasteiger partial charge in [-0.05, 0) is 43.3 Å². The van der Waals surface area contributed by atoms with Crippen LogP contribution in [0.1, 0.15) is 15.9 Å². The summed E-state index contributed by atoms with van der Waals surface area (Å²) in [5.41, 5.74) is 1.82. The Kier molecular flexibility index (Phi) is 5.32. The number of sulfonamides is 1. The number of rotatable bonds is 5. The third-order valence-electron chi connectivity index (χ3n) is 3.16. The van der Waals surface area contributed by atoms with Gasteiger partial charge in [-0.15, -0.1) is 0 Å². The van der Waals surface area contributed by atoms with Crippen LogP contribution in [0.15, 0.2) is 53.4 Å². The van der Waals surface area contributed by atoms with Gasteiger partial charge >= 0.3 is 0 Å². The zero-order valence-corrected chi connectivity index (χ0v) is 13.8. The molecule has 2 amide bonds. The van der Waals surface area contributed by atoms with Gasteiger partial charge in [0.1, 0.15) is 0 Å². The average Bonchev–Trinajstić information content (AvgIpc) is 2.52. The zero-order valence-electron chi connectivity index (χ0n) is 12.9. The first-order valence-electron chi connectivity index (χ1n) is 7.03. The normalized spacial score (nSPS) is 10.9. The number of hydrogen-bond acceptors (Lipinski definition) is 4. The minimum absolute atomic E-state index is 0.0479. The molecule has 0 saturated carbocycles. The van der Waals surface area contributed by atoms with Gasteiger partial charge < -0.3 is 10.6 Å². The minimum Gasteiger partial charge on any atom is -0.343 e. The predicted molar refractivity (Wildman–Crippen MR) is 90.0 cm³/mol. The maximum absolute atomic E-state index is 11.9. The van der Waals surface area contributed by atoms with Crippen LogP contribution in [0.25, 0.3) is 0 Å². The average molecular weight is 347 g/mol. The Bertz CT molecular complexity index is 861. The van der Waals surface area contributed by atoms with E-state index in [0.717, 1.165) is 5.56 Å². The number of benzene rings is 2. The van der Waals surface area contributed by atoms with Crippen molar-refractivity contribution in [2.45, 2.75) is 11.8 Å². The molecule has 2 aromatic carbocycles. The van der Waals surface area contributed by atoms with Crippen molar-refractivity contribution in [3.8, 4) is 0 Å². The van der Waals surface area contributed by atoms with E-state index >= 15 is 0 Å². The summed E-state index contributed by atoms with van der Waals surface area (Å²) in [6, 6.07) is 12.4. The number of amides is 2. The lowest BCUT2D eigenvalue weighted by Crippen LogP contribution is -2.32. The first kappa shape index (κ1) is 17.6. The summed E-state index contributed by atoms with van der Waals surface area (Å²) >= 11 is 0. The van der Waals surface area contributed by atoms with E-state index in [9.17, 15) is 18.0 Å². The molecule has 24 heavy (non-hydrogen) atoms. The van der Waals surface area contributed by atoms with Crippen LogP contribution in [0.2, 0.25) is 0 Å². The fourth-order valence-corrected chi connectivity index (χ4v) is 2.50. The highest BCUT2D eigenvalue weighted by molar-refractivity contribution is 7.89. The summed E-state index contributed by atoms with van der Waals surface area (Å²) in [5, 5.41) is 10.1. The minimum atomic E-state index is -3.77. The monoisotopic (exact) mass is 347 g/mol. The maximum Gasteiger partial charge on any atom is 0.251 e. The van der Waals surface area contributed by atoms with Crippen molar-refractivity contribution in [2.75, 3.05) is 11.9 Å². The number of anilines is 1. The van der Waals surface area contributed by atoms with Crippen LogP contribution in [0.5, 0.6) is 0 Å². The second-order valence-corrected chi connectivity index (χ2v) is 6.73. The number of carbonyl (C=O) groups is 2. The van der Waals surface area contributed by atoms with Crippen LogP contribution in [-0.4, -0.2) is 26.8 Å². The van der Waals surface area contributed by atoms with Gasteiger partial charge in [-0.2, -0.15) is 0 Å². The topological polar surface area (TPSA) is 118 Å². The van der Waals surface area contributed by atoms with Crippen LogP contribution >= 0.6 is 0 Å². The maximum atomic E-state index is 11.9. The summed E-state index contributed by atoms with van der Waals surface area (Å²) in [4.78, 5) is 23.7. The Balaban J connectivity index is 1.90. The van der Waals surface area contributed by atoms with Crippen LogP contribution in [-0.2, 0) is 14.8 Å². The van der Waals surface area contributed by atoms with Crippen molar-refractivity contribution in [1.82, 2.24) is 5.32 Å². The van der Waals surface area contributed by atoms with E-state index in [4.69, 9.17) is 5.14 Å². The Morgan fingerprint density at radius 1 is 1.08 bits per heavy atom. The lowest BCUT2D eigenvalue weighted by atomic mass is 10.1. The molecule has 2 rings (SSSR count). The van der Waals surface area contributed by atoms with Gasteiger partial charge in [-0.25, -0.2) is 13.6 Å². The fourth-order valence-electron chi connectivity index (χ4n) is 1.98. The van der Waals surface area contributed by atoms with E-state index in [0.29, 0.717) is 11.3 Å². The lowest BCUT2D eigenvalue weighted by Gasteiger charge is -2.08. The molecule has 0 bridgehead atoms. The van der Waals surface area contributed by atoms with Gasteiger partial charge in [0.25, 0.3) is 5.91 Å². The molecule has 0 aliphatic carbocycles. The highest BCUT2D eigenvalue weighted by atomic mass is 32.2. The number of carbonyl (C=O) groups excluding carboxylic acids is 2. The van der Waals surface area contributed by atoms with Gasteiger partial charge in [0.15, 0.2) is 0 Å². The lowest BCUT2D eigenvalue weighted by molar-refractivity contribution is -0.115. The first-order chi connectivity index (χ1) is 11.3. The first-order valence-corrected chi connectivity index (χ1v) is 8.58. The summed E-state index contributed by atoms with van der Waals surface area (Å²) in [6.07, 6.45) is 0. The number of nitrogens with two attached hydrogens (primary N) is 1. The summed E-state index contributed by atoms with van der Waals surface area (Å²) in [7, 11) is -3.77. The summed E-state index contributed by atoms with van der Waals surface area (Å²) < 4.78 is 22.3. The Labute approximate surface area is 139 Å². The van der Waals surface area contributed by atoms with Crippen molar-refractivity contribution < 1.29 is 18.0 Å². The second kappa shape index (κ2) is 7.24. The largest absolute Gasteiger partial charge is 0.343 e. The predicted octanol–water partition coefficient (Wildman–Crippen LogP) is 1.01. The molecule has 4 N–H and O–H groups in total. The molecule has 0 spiro atoms. The number of primary sulfonamides is 1. The third-order valence-corrected chi connectivity index (χ3v) is 4.09. The molecule has 7 nitrogen and oxygen atoms in total. The van der Waals surface area contributed by atoms with E-state index in [2.05, 4.69) is 10.6 Å². The molecule has 8 heteroatoms. The molecule has 2 aromatic rings. The van der Waals surface area contributed by atoms with E-state index in [1.54, 1.807) is 18.2 Å². The molecule has 0 saturated heterocycles. The van der Waals surface area contributed by atoms with E-state index in [-0.39, 0.29) is 17.3 Å². The molecule has 0 fully saturated rings. The van der Waals surface area contributed by atoms with Gasteiger partial charge in [-0.1, -0.05) is 17.7 Å². The molecule has 0 aromatic heterocycles. The van der Waals surface area contributed by atoms with Crippen molar-refractivity contribution >= 4 is 27.5 Å². The number of aryl methyl sites for hydroxylation is 1. The molecular weight excluding hydrogens is 330 g/mol. The number of hydrogen-bond donors (Lipinski definition) is 3. The van der Waals surface area contributed by atoms with E-state index in [1.807, 2.05) is 13.0 Å². The molecule has 0 atom stereocenters. The van der Waals surface area contributed by atoms with Gasteiger partial charge in [0.05, 0.1) is 11.4 Å². The Morgan fingerprint density at radius 2 is 1.75 bits per heavy atom. The zero-order chi connectivity index (χ0) is 17.7. The summed E-state index contributed by atoms with van der Waals surface area (Å²) in [5.74, 6) is -0.780. The number of nitrogens with one attached hydrogen (secondary N) is 2. The van der Waals surface area contributed by atoms with Crippen molar-refractivity contribution in [2.24, 2.45) is 5.14 Å². The highest BCUT2D eigenvalue weighted by Gasteiger charge is 2.10. The molecule has 126 valence electrons. The molecular formula is C16H17N3O4S. The van der Waals surface area contributed by atoms with Crippen molar-refractivity contribution in [3.63, 3.8) is 0 Å². The summed E-state index contributed by atoms with van der Waals surface area (Å²) in [6.45, 7) is 1.67. The molecule has 0 aliphatic rings. The van der Waals surface area contributed by atoms with Crippen LogP contribution in [0.4, 0.5) is 5.69 Å². The van der Waals surface area contributed by atoms with Crippen LogP contribution in [0, 0.1) is 6.92 Å². The van der Waals surface area contributed by atoms with Gasteiger partial charge in [-0.3, -0.25) is 9.59 Å². The molecule has 0 radical (unpaired) electrons.